The molecule has 33 heavy (non-hydrogen) atoms. The first kappa shape index (κ1) is 22.1. The third-order valence-electron chi connectivity index (χ3n) is 5.52. The van der Waals surface area contributed by atoms with Crippen molar-refractivity contribution in [2.24, 2.45) is 0 Å². The summed E-state index contributed by atoms with van der Waals surface area (Å²) in [4.78, 5) is 19.9. The van der Waals surface area contributed by atoms with Crippen LogP contribution in [0.5, 0.6) is 5.75 Å². The van der Waals surface area contributed by atoms with Gasteiger partial charge in [-0.25, -0.2) is 19.2 Å². The SMILES string of the molecule is CNc1cc(-c2cc(NCCn3c(C)cc4c(OC)ccc(F)c43)ncn2)ccc1C(=O)O. The summed E-state index contributed by atoms with van der Waals surface area (Å²) in [7, 11) is 3.24. The van der Waals surface area contributed by atoms with E-state index >= 15 is 0 Å². The van der Waals surface area contributed by atoms with Crippen LogP contribution in [0, 0.1) is 12.7 Å². The highest BCUT2D eigenvalue weighted by molar-refractivity contribution is 5.95. The first-order valence-electron chi connectivity index (χ1n) is 10.4. The molecule has 2 aromatic heterocycles. The van der Waals surface area contributed by atoms with Crippen LogP contribution < -0.4 is 15.4 Å². The Labute approximate surface area is 190 Å². The summed E-state index contributed by atoms with van der Waals surface area (Å²) in [6.07, 6.45) is 1.45. The van der Waals surface area contributed by atoms with Gasteiger partial charge in [0.05, 0.1) is 23.9 Å². The van der Waals surface area contributed by atoms with Gasteiger partial charge in [0.25, 0.3) is 0 Å². The minimum absolute atomic E-state index is 0.187. The maximum atomic E-state index is 14.5. The summed E-state index contributed by atoms with van der Waals surface area (Å²) in [5.74, 6) is -0.0526. The Kier molecular flexibility index (Phi) is 6.12. The van der Waals surface area contributed by atoms with Crippen molar-refractivity contribution < 1.29 is 19.0 Å². The van der Waals surface area contributed by atoms with E-state index in [1.165, 1.54) is 12.4 Å². The molecule has 0 aliphatic carbocycles. The van der Waals surface area contributed by atoms with Crippen LogP contribution in [-0.4, -0.2) is 46.3 Å². The van der Waals surface area contributed by atoms with Gasteiger partial charge in [-0.2, -0.15) is 0 Å². The van der Waals surface area contributed by atoms with Gasteiger partial charge in [-0.15, -0.1) is 0 Å². The number of carboxylic acid groups (broad SMARTS) is 1. The third-order valence-corrected chi connectivity index (χ3v) is 5.52. The first-order valence-corrected chi connectivity index (χ1v) is 10.4. The van der Waals surface area contributed by atoms with E-state index < -0.39 is 5.97 Å². The number of nitrogens with zero attached hydrogens (tertiary/aromatic N) is 3. The van der Waals surface area contributed by atoms with Crippen molar-refractivity contribution in [2.45, 2.75) is 13.5 Å². The molecule has 0 bridgehead atoms. The van der Waals surface area contributed by atoms with Crippen LogP contribution in [0.1, 0.15) is 16.1 Å². The zero-order valence-electron chi connectivity index (χ0n) is 18.5. The normalized spacial score (nSPS) is 10.9. The molecule has 2 heterocycles. The molecule has 8 nitrogen and oxygen atoms in total. The monoisotopic (exact) mass is 449 g/mol. The van der Waals surface area contributed by atoms with Gasteiger partial charge in [0.2, 0.25) is 0 Å². The summed E-state index contributed by atoms with van der Waals surface area (Å²) in [6.45, 7) is 2.97. The molecule has 0 spiro atoms. The molecule has 4 aromatic rings. The maximum absolute atomic E-state index is 14.5. The van der Waals surface area contributed by atoms with Crippen molar-refractivity contribution in [1.82, 2.24) is 14.5 Å². The Morgan fingerprint density at radius 1 is 1.18 bits per heavy atom. The van der Waals surface area contributed by atoms with Crippen LogP contribution in [0.25, 0.3) is 22.2 Å². The lowest BCUT2D eigenvalue weighted by Crippen LogP contribution is -2.13. The number of aromatic nitrogens is 3. The van der Waals surface area contributed by atoms with Gasteiger partial charge in [-0.05, 0) is 37.3 Å². The Morgan fingerprint density at radius 3 is 2.73 bits per heavy atom. The second-order valence-corrected chi connectivity index (χ2v) is 7.48. The smallest absolute Gasteiger partial charge is 0.337 e. The number of hydrogen-bond acceptors (Lipinski definition) is 6. The Balaban J connectivity index is 1.53. The van der Waals surface area contributed by atoms with E-state index in [4.69, 9.17) is 4.74 Å². The van der Waals surface area contributed by atoms with E-state index in [2.05, 4.69) is 20.6 Å². The van der Waals surface area contributed by atoms with E-state index in [0.717, 1.165) is 16.6 Å². The molecule has 0 fully saturated rings. The summed E-state index contributed by atoms with van der Waals surface area (Å²) in [6, 6.07) is 11.7. The molecule has 0 saturated heterocycles. The molecule has 0 unspecified atom stereocenters. The van der Waals surface area contributed by atoms with Crippen molar-refractivity contribution in [2.75, 3.05) is 31.3 Å². The summed E-state index contributed by atoms with van der Waals surface area (Å²) >= 11 is 0. The van der Waals surface area contributed by atoms with Gasteiger partial charge in [0, 0.05) is 48.5 Å². The van der Waals surface area contributed by atoms with Crippen LogP contribution in [0.3, 0.4) is 0 Å². The third kappa shape index (κ3) is 4.30. The fourth-order valence-corrected chi connectivity index (χ4v) is 3.91. The summed E-state index contributed by atoms with van der Waals surface area (Å²) < 4.78 is 21.8. The second-order valence-electron chi connectivity index (χ2n) is 7.48. The number of ether oxygens (including phenoxy) is 1. The lowest BCUT2D eigenvalue weighted by atomic mass is 10.1. The van der Waals surface area contributed by atoms with Gasteiger partial charge < -0.3 is 25.0 Å². The van der Waals surface area contributed by atoms with Crippen molar-refractivity contribution >= 4 is 28.4 Å². The number of aryl methyl sites for hydroxylation is 1. The van der Waals surface area contributed by atoms with E-state index in [1.807, 2.05) is 17.6 Å². The van der Waals surface area contributed by atoms with Crippen molar-refractivity contribution in [1.29, 1.82) is 0 Å². The maximum Gasteiger partial charge on any atom is 0.337 e. The molecule has 0 aliphatic rings. The van der Waals surface area contributed by atoms with Gasteiger partial charge in [0.15, 0.2) is 0 Å². The number of aromatic carboxylic acids is 1. The second kappa shape index (κ2) is 9.15. The lowest BCUT2D eigenvalue weighted by Gasteiger charge is -2.12. The molecule has 0 radical (unpaired) electrons. The zero-order chi connectivity index (χ0) is 23.5. The minimum Gasteiger partial charge on any atom is -0.496 e. The molecule has 0 atom stereocenters. The Hall–Kier alpha value is -4.14. The van der Waals surface area contributed by atoms with Crippen molar-refractivity contribution in [3.8, 4) is 17.0 Å². The van der Waals surface area contributed by atoms with Crippen LogP contribution >= 0.6 is 0 Å². The quantitative estimate of drug-likeness (QED) is 0.366. The highest BCUT2D eigenvalue weighted by Gasteiger charge is 2.15. The number of hydrogen-bond donors (Lipinski definition) is 3. The van der Waals surface area contributed by atoms with Crippen LogP contribution in [0.4, 0.5) is 15.9 Å². The number of rotatable bonds is 8. The number of carbonyl (C=O) groups is 1. The number of methoxy groups -OCH3 is 1. The number of halogens is 1. The number of anilines is 2. The van der Waals surface area contributed by atoms with Crippen molar-refractivity contribution in [3.63, 3.8) is 0 Å². The van der Waals surface area contributed by atoms with Gasteiger partial charge >= 0.3 is 5.97 Å². The number of fused-ring (bicyclic) bond motifs is 1. The van der Waals surface area contributed by atoms with Gasteiger partial charge in [-0.1, -0.05) is 6.07 Å². The number of carboxylic acids is 1. The van der Waals surface area contributed by atoms with Crippen LogP contribution in [0.15, 0.2) is 48.8 Å². The van der Waals surface area contributed by atoms with E-state index in [0.29, 0.717) is 41.6 Å². The minimum atomic E-state index is -1.00. The van der Waals surface area contributed by atoms with Gasteiger partial charge in [0.1, 0.15) is 23.7 Å². The molecule has 0 aliphatic heterocycles. The van der Waals surface area contributed by atoms with Crippen LogP contribution in [0.2, 0.25) is 0 Å². The van der Waals surface area contributed by atoms with E-state index in [-0.39, 0.29) is 11.4 Å². The molecule has 3 N–H and O–H groups in total. The van der Waals surface area contributed by atoms with E-state index in [1.54, 1.807) is 44.5 Å². The molecular weight excluding hydrogens is 425 g/mol. The van der Waals surface area contributed by atoms with Gasteiger partial charge in [-0.3, -0.25) is 0 Å². The highest BCUT2D eigenvalue weighted by atomic mass is 19.1. The molecule has 0 amide bonds. The molecule has 4 rings (SSSR count). The average molecular weight is 449 g/mol. The van der Waals surface area contributed by atoms with E-state index in [9.17, 15) is 14.3 Å². The molecule has 170 valence electrons. The Morgan fingerprint density at radius 2 is 2.00 bits per heavy atom. The average Bonchev–Trinajstić information content (AvgIpc) is 3.16. The van der Waals surface area contributed by atoms with Crippen LogP contribution in [-0.2, 0) is 6.54 Å². The fourth-order valence-electron chi connectivity index (χ4n) is 3.91. The predicted octanol–water partition coefficient (Wildman–Crippen LogP) is 4.41. The predicted molar refractivity (Wildman–Crippen MR) is 126 cm³/mol. The molecular formula is C24H24FN5O3. The standard InChI is InChI=1S/C24H24FN5O3/c1-14-10-17-21(33-3)7-6-18(25)23(17)30(14)9-8-27-22-12-19(28-13-29-22)15-4-5-16(24(31)32)20(11-15)26-2/h4-7,10-13,26H,8-9H2,1-3H3,(H,31,32)(H,27,28,29). The zero-order valence-corrected chi connectivity index (χ0v) is 18.5. The molecule has 0 saturated carbocycles. The highest BCUT2D eigenvalue weighted by Crippen LogP contribution is 2.31. The first-order chi connectivity index (χ1) is 15.9. The number of nitrogens with one attached hydrogen (secondary N) is 2. The molecule has 9 heteroatoms. The summed E-state index contributed by atoms with van der Waals surface area (Å²) in [5, 5.41) is 16.2. The molecule has 2 aromatic carbocycles. The summed E-state index contributed by atoms with van der Waals surface area (Å²) in [5.41, 5.74) is 3.54. The topological polar surface area (TPSA) is 101 Å². The Bertz CT molecular complexity index is 1340. The fraction of sp³-hybridized carbons (Fsp3) is 0.208. The van der Waals surface area contributed by atoms with Crippen molar-refractivity contribution in [3.05, 3.63) is 65.9 Å². The lowest BCUT2D eigenvalue weighted by molar-refractivity contribution is 0.0698. The largest absolute Gasteiger partial charge is 0.496 e. The number of benzene rings is 2.